The second-order valence-corrected chi connectivity index (χ2v) is 4.37. The van der Waals surface area contributed by atoms with Crippen LogP contribution >= 0.6 is 0 Å². The van der Waals surface area contributed by atoms with Crippen LogP contribution < -0.4 is 0 Å². The van der Waals surface area contributed by atoms with Gasteiger partial charge in [-0.2, -0.15) is 0 Å². The summed E-state index contributed by atoms with van der Waals surface area (Å²) in [7, 11) is 0. The van der Waals surface area contributed by atoms with Gasteiger partial charge in [-0.25, -0.2) is 0 Å². The first-order valence-corrected chi connectivity index (χ1v) is 6.22. The summed E-state index contributed by atoms with van der Waals surface area (Å²) >= 11 is 0. The molecule has 1 N–H and O–H groups in total. The van der Waals surface area contributed by atoms with Gasteiger partial charge in [0.1, 0.15) is 5.60 Å². The molecule has 1 heteroatoms. The van der Waals surface area contributed by atoms with E-state index in [2.05, 4.69) is 0 Å². The molecular formula is C17H18O. The Labute approximate surface area is 108 Å². The topological polar surface area (TPSA) is 20.2 Å². The van der Waals surface area contributed by atoms with E-state index < -0.39 is 5.60 Å². The van der Waals surface area contributed by atoms with Crippen LogP contribution in [0, 0.1) is 0 Å². The third-order valence-electron chi connectivity index (χ3n) is 3.15. The summed E-state index contributed by atoms with van der Waals surface area (Å²) in [5, 5.41) is 11.0. The van der Waals surface area contributed by atoms with Crippen LogP contribution in [-0.2, 0) is 5.60 Å². The molecule has 2 rings (SSSR count). The third-order valence-corrected chi connectivity index (χ3v) is 3.15. The first kappa shape index (κ1) is 12.6. The Morgan fingerprint density at radius 2 is 1.33 bits per heavy atom. The Bertz CT molecular complexity index is 460. The molecule has 0 spiro atoms. The molecule has 0 unspecified atom stereocenters. The number of rotatable bonds is 4. The fraction of sp³-hybridized carbons (Fsp3) is 0.176. The van der Waals surface area contributed by atoms with Crippen LogP contribution in [0.2, 0.25) is 0 Å². The maximum absolute atomic E-state index is 11.0. The van der Waals surface area contributed by atoms with Gasteiger partial charge in [0.15, 0.2) is 0 Å². The first-order chi connectivity index (χ1) is 8.77. The summed E-state index contributed by atoms with van der Waals surface area (Å²) in [6, 6.07) is 19.6. The van der Waals surface area contributed by atoms with Crippen LogP contribution in [0.15, 0.2) is 72.8 Å². The van der Waals surface area contributed by atoms with Gasteiger partial charge in [0.2, 0.25) is 0 Å². The summed E-state index contributed by atoms with van der Waals surface area (Å²) < 4.78 is 0. The minimum absolute atomic E-state index is 0.581. The van der Waals surface area contributed by atoms with Gasteiger partial charge in [0.05, 0.1) is 0 Å². The lowest BCUT2D eigenvalue weighted by Crippen LogP contribution is -2.26. The van der Waals surface area contributed by atoms with Gasteiger partial charge in [-0.1, -0.05) is 72.8 Å². The van der Waals surface area contributed by atoms with Crippen molar-refractivity contribution in [2.45, 2.75) is 18.9 Å². The molecule has 0 fully saturated rings. The Morgan fingerprint density at radius 3 is 1.72 bits per heavy atom. The molecule has 0 aliphatic rings. The van der Waals surface area contributed by atoms with Crippen LogP contribution in [0.1, 0.15) is 24.5 Å². The van der Waals surface area contributed by atoms with Crippen LogP contribution in [0.3, 0.4) is 0 Å². The van der Waals surface area contributed by atoms with Crippen LogP contribution in [-0.4, -0.2) is 5.11 Å². The molecular weight excluding hydrogens is 220 g/mol. The van der Waals surface area contributed by atoms with E-state index in [-0.39, 0.29) is 0 Å². The average Bonchev–Trinajstić information content (AvgIpc) is 2.46. The molecule has 0 saturated carbocycles. The lowest BCUT2D eigenvalue weighted by molar-refractivity contribution is 0.0841. The number of allylic oxidation sites excluding steroid dienone is 1. The van der Waals surface area contributed by atoms with Crippen LogP contribution in [0.5, 0.6) is 0 Å². The molecule has 2 aromatic carbocycles. The molecule has 92 valence electrons. The average molecular weight is 238 g/mol. The van der Waals surface area contributed by atoms with E-state index in [1.807, 2.05) is 79.7 Å². The van der Waals surface area contributed by atoms with E-state index in [4.69, 9.17) is 0 Å². The number of benzene rings is 2. The summed E-state index contributed by atoms with van der Waals surface area (Å²) in [4.78, 5) is 0. The molecule has 1 nitrogen and oxygen atoms in total. The zero-order valence-electron chi connectivity index (χ0n) is 10.6. The second kappa shape index (κ2) is 5.65. The maximum atomic E-state index is 11.0. The van der Waals surface area contributed by atoms with Crippen molar-refractivity contribution in [1.82, 2.24) is 0 Å². The van der Waals surface area contributed by atoms with Gasteiger partial charge in [0, 0.05) is 6.42 Å². The molecule has 0 atom stereocenters. The van der Waals surface area contributed by atoms with Crippen molar-refractivity contribution < 1.29 is 5.11 Å². The van der Waals surface area contributed by atoms with Crippen molar-refractivity contribution in [3.63, 3.8) is 0 Å². The van der Waals surface area contributed by atoms with Crippen LogP contribution in [0.4, 0.5) is 0 Å². The van der Waals surface area contributed by atoms with E-state index in [0.717, 1.165) is 11.1 Å². The van der Waals surface area contributed by atoms with Gasteiger partial charge in [-0.15, -0.1) is 0 Å². The molecule has 0 radical (unpaired) electrons. The second-order valence-electron chi connectivity index (χ2n) is 4.37. The lowest BCUT2D eigenvalue weighted by atomic mass is 9.83. The minimum atomic E-state index is -0.949. The highest BCUT2D eigenvalue weighted by molar-refractivity contribution is 5.36. The van der Waals surface area contributed by atoms with Gasteiger partial charge >= 0.3 is 0 Å². The minimum Gasteiger partial charge on any atom is -0.380 e. The molecule has 0 amide bonds. The Kier molecular flexibility index (Phi) is 3.96. The molecule has 2 aromatic rings. The molecule has 0 aromatic heterocycles. The van der Waals surface area contributed by atoms with Crippen molar-refractivity contribution in [2.24, 2.45) is 0 Å². The smallest absolute Gasteiger partial charge is 0.118 e. The monoisotopic (exact) mass is 238 g/mol. The van der Waals surface area contributed by atoms with Gasteiger partial charge in [0.25, 0.3) is 0 Å². The highest BCUT2D eigenvalue weighted by Crippen LogP contribution is 2.33. The Balaban J connectivity index is 2.47. The zero-order valence-corrected chi connectivity index (χ0v) is 10.6. The zero-order chi connectivity index (χ0) is 12.8. The van der Waals surface area contributed by atoms with Crippen molar-refractivity contribution in [3.8, 4) is 0 Å². The molecule has 0 aliphatic heterocycles. The first-order valence-electron chi connectivity index (χ1n) is 6.22. The van der Waals surface area contributed by atoms with E-state index in [0.29, 0.717) is 6.42 Å². The van der Waals surface area contributed by atoms with E-state index >= 15 is 0 Å². The highest BCUT2D eigenvalue weighted by atomic mass is 16.3. The van der Waals surface area contributed by atoms with Gasteiger partial charge in [-0.3, -0.25) is 0 Å². The van der Waals surface area contributed by atoms with Gasteiger partial charge in [-0.05, 0) is 18.1 Å². The third kappa shape index (κ3) is 2.52. The number of hydrogen-bond donors (Lipinski definition) is 1. The maximum Gasteiger partial charge on any atom is 0.118 e. The SMILES string of the molecule is C/C=C\CC(O)(c1ccccc1)c1ccccc1. The number of hydrogen-bond acceptors (Lipinski definition) is 1. The fourth-order valence-electron chi connectivity index (χ4n) is 2.12. The molecule has 18 heavy (non-hydrogen) atoms. The molecule has 0 saturated heterocycles. The van der Waals surface area contributed by atoms with Crippen LogP contribution in [0.25, 0.3) is 0 Å². The molecule has 0 bridgehead atoms. The van der Waals surface area contributed by atoms with Gasteiger partial charge < -0.3 is 5.11 Å². The molecule has 0 aliphatic carbocycles. The summed E-state index contributed by atoms with van der Waals surface area (Å²) in [6.45, 7) is 1.97. The predicted octanol–water partition coefficient (Wildman–Crippen LogP) is 3.89. The van der Waals surface area contributed by atoms with E-state index in [1.54, 1.807) is 0 Å². The van der Waals surface area contributed by atoms with Crippen molar-refractivity contribution in [1.29, 1.82) is 0 Å². The Hall–Kier alpha value is -1.86. The summed E-state index contributed by atoms with van der Waals surface area (Å²) in [5.74, 6) is 0. The van der Waals surface area contributed by atoms with E-state index in [9.17, 15) is 5.11 Å². The van der Waals surface area contributed by atoms with Crippen molar-refractivity contribution >= 4 is 0 Å². The van der Waals surface area contributed by atoms with Crippen molar-refractivity contribution in [2.75, 3.05) is 0 Å². The number of aliphatic hydroxyl groups is 1. The standard InChI is InChI=1S/C17H18O/c1-2-3-14-17(18,15-10-6-4-7-11-15)16-12-8-5-9-13-16/h2-13,18H,14H2,1H3/b3-2-. The highest BCUT2D eigenvalue weighted by Gasteiger charge is 2.29. The Morgan fingerprint density at radius 1 is 0.889 bits per heavy atom. The van der Waals surface area contributed by atoms with Crippen molar-refractivity contribution in [3.05, 3.63) is 83.9 Å². The summed E-state index contributed by atoms with van der Waals surface area (Å²) in [5.41, 5.74) is 0.901. The lowest BCUT2D eigenvalue weighted by Gasteiger charge is -2.28. The fourth-order valence-corrected chi connectivity index (χ4v) is 2.12. The molecule has 0 heterocycles. The normalized spacial score (nSPS) is 11.9. The van der Waals surface area contributed by atoms with E-state index in [1.165, 1.54) is 0 Å². The largest absolute Gasteiger partial charge is 0.380 e. The summed E-state index contributed by atoms with van der Waals surface area (Å²) in [6.07, 6.45) is 4.55. The predicted molar refractivity (Wildman–Crippen MR) is 75.3 cm³/mol. The quantitative estimate of drug-likeness (QED) is 0.801.